The lowest BCUT2D eigenvalue weighted by atomic mass is 10.2. The maximum atomic E-state index is 12.4. The molecule has 1 aliphatic rings. The largest absolute Gasteiger partial charge is 0.492 e. The molecule has 2 rings (SSSR count). The van der Waals surface area contributed by atoms with Crippen molar-refractivity contribution in [3.8, 4) is 5.75 Å². The van der Waals surface area contributed by atoms with Gasteiger partial charge in [-0.1, -0.05) is 12.1 Å². The number of anilines is 1. The summed E-state index contributed by atoms with van der Waals surface area (Å²) in [6.45, 7) is 2.75. The van der Waals surface area contributed by atoms with Crippen LogP contribution in [0.3, 0.4) is 0 Å². The van der Waals surface area contributed by atoms with E-state index in [1.807, 2.05) is 13.0 Å². The molecule has 0 aliphatic carbocycles. The Kier molecular flexibility index (Phi) is 4.84. The van der Waals surface area contributed by atoms with Crippen LogP contribution in [0, 0.1) is 0 Å². The van der Waals surface area contributed by atoms with Crippen molar-refractivity contribution in [2.24, 2.45) is 0 Å². The molecule has 1 unspecified atom stereocenters. The van der Waals surface area contributed by atoms with Gasteiger partial charge in [-0.25, -0.2) is 8.42 Å². The van der Waals surface area contributed by atoms with Crippen LogP contribution in [-0.2, 0) is 14.8 Å². The van der Waals surface area contributed by atoms with Gasteiger partial charge < -0.3 is 10.1 Å². The topological polar surface area (TPSA) is 75.7 Å². The van der Waals surface area contributed by atoms with Gasteiger partial charge >= 0.3 is 0 Å². The van der Waals surface area contributed by atoms with Crippen LogP contribution < -0.4 is 10.1 Å². The highest BCUT2D eigenvalue weighted by Crippen LogP contribution is 2.26. The summed E-state index contributed by atoms with van der Waals surface area (Å²) in [6.07, 6.45) is 2.36. The molecule has 1 aromatic rings. The first-order valence-electron chi connectivity index (χ1n) is 6.93. The van der Waals surface area contributed by atoms with E-state index in [0.29, 0.717) is 37.4 Å². The maximum absolute atomic E-state index is 12.4. The van der Waals surface area contributed by atoms with Gasteiger partial charge in [0.15, 0.2) is 0 Å². The molecule has 0 saturated carbocycles. The van der Waals surface area contributed by atoms with Crippen LogP contribution in [0.25, 0.3) is 0 Å². The number of hydrogen-bond donors (Lipinski definition) is 1. The number of para-hydroxylation sites is 2. The molecule has 116 valence electrons. The minimum atomic E-state index is -3.37. The summed E-state index contributed by atoms with van der Waals surface area (Å²) in [5.41, 5.74) is 0.560. The quantitative estimate of drug-likeness (QED) is 0.893. The maximum Gasteiger partial charge on any atom is 0.242 e. The SMILES string of the molecule is CCOc1ccccc1NC(=O)C1CCCN1S(C)(=O)=O. The molecule has 0 spiro atoms. The number of nitrogens with zero attached hydrogens (tertiary/aromatic N) is 1. The van der Waals surface area contributed by atoms with E-state index in [1.165, 1.54) is 4.31 Å². The van der Waals surface area contributed by atoms with Crippen LogP contribution in [0.5, 0.6) is 5.75 Å². The number of ether oxygens (including phenoxy) is 1. The van der Waals surface area contributed by atoms with Crippen molar-refractivity contribution in [2.75, 3.05) is 24.7 Å². The first kappa shape index (κ1) is 15.8. The van der Waals surface area contributed by atoms with E-state index in [4.69, 9.17) is 4.74 Å². The van der Waals surface area contributed by atoms with E-state index in [-0.39, 0.29) is 5.91 Å². The Hall–Kier alpha value is -1.60. The van der Waals surface area contributed by atoms with Crippen LogP contribution in [0.4, 0.5) is 5.69 Å². The van der Waals surface area contributed by atoms with Gasteiger partial charge in [-0.05, 0) is 31.9 Å². The summed E-state index contributed by atoms with van der Waals surface area (Å²) in [5, 5.41) is 2.77. The Bertz CT molecular complexity index is 615. The lowest BCUT2D eigenvalue weighted by molar-refractivity contribution is -0.119. The lowest BCUT2D eigenvalue weighted by Gasteiger charge is -2.21. The zero-order valence-electron chi connectivity index (χ0n) is 12.2. The molecule has 21 heavy (non-hydrogen) atoms. The van der Waals surface area contributed by atoms with Gasteiger partial charge in [0.05, 0.1) is 18.6 Å². The summed E-state index contributed by atoms with van der Waals surface area (Å²) in [5.74, 6) is 0.266. The Morgan fingerprint density at radius 2 is 2.14 bits per heavy atom. The van der Waals surface area contributed by atoms with Crippen molar-refractivity contribution in [1.82, 2.24) is 4.31 Å². The van der Waals surface area contributed by atoms with Crippen LogP contribution >= 0.6 is 0 Å². The number of sulfonamides is 1. The molecule has 1 heterocycles. The van der Waals surface area contributed by atoms with Crippen LogP contribution in [0.1, 0.15) is 19.8 Å². The highest BCUT2D eigenvalue weighted by atomic mass is 32.2. The zero-order valence-corrected chi connectivity index (χ0v) is 13.0. The van der Waals surface area contributed by atoms with E-state index in [9.17, 15) is 13.2 Å². The third-order valence-corrected chi connectivity index (χ3v) is 4.67. The average Bonchev–Trinajstić information content (AvgIpc) is 2.90. The second-order valence-corrected chi connectivity index (χ2v) is 6.89. The van der Waals surface area contributed by atoms with Crippen LogP contribution in [0.2, 0.25) is 0 Å². The molecule has 6 nitrogen and oxygen atoms in total. The third-order valence-electron chi connectivity index (χ3n) is 3.38. The van der Waals surface area contributed by atoms with Gasteiger partial charge in [0.1, 0.15) is 11.8 Å². The Morgan fingerprint density at radius 3 is 2.81 bits per heavy atom. The zero-order chi connectivity index (χ0) is 15.5. The number of hydrogen-bond acceptors (Lipinski definition) is 4. The minimum Gasteiger partial charge on any atom is -0.492 e. The molecule has 0 bridgehead atoms. The van der Waals surface area contributed by atoms with Gasteiger partial charge in [0.25, 0.3) is 0 Å². The number of rotatable bonds is 5. The molecule has 1 saturated heterocycles. The van der Waals surface area contributed by atoms with Crippen molar-refractivity contribution in [1.29, 1.82) is 0 Å². The van der Waals surface area contributed by atoms with Crippen molar-refractivity contribution >= 4 is 21.6 Å². The standard InChI is InChI=1S/C14H20N2O4S/c1-3-20-13-9-5-4-7-11(13)15-14(17)12-8-6-10-16(12)21(2,18)19/h4-5,7,9,12H,3,6,8,10H2,1-2H3,(H,15,17). The summed E-state index contributed by atoms with van der Waals surface area (Å²) >= 11 is 0. The minimum absolute atomic E-state index is 0.315. The van der Waals surface area contributed by atoms with E-state index >= 15 is 0 Å². The van der Waals surface area contributed by atoms with E-state index in [0.717, 1.165) is 6.26 Å². The lowest BCUT2D eigenvalue weighted by Crippen LogP contribution is -2.42. The highest BCUT2D eigenvalue weighted by molar-refractivity contribution is 7.88. The first-order chi connectivity index (χ1) is 9.93. The molecular weight excluding hydrogens is 292 g/mol. The molecule has 1 amide bonds. The summed E-state index contributed by atoms with van der Waals surface area (Å²) < 4.78 is 30.1. The normalized spacial score (nSPS) is 19.4. The number of carbonyl (C=O) groups is 1. The summed E-state index contributed by atoms with van der Waals surface area (Å²) in [7, 11) is -3.37. The molecule has 1 aromatic carbocycles. The van der Waals surface area contributed by atoms with Crippen LogP contribution in [-0.4, -0.2) is 44.1 Å². The Labute approximate surface area is 125 Å². The molecule has 1 aliphatic heterocycles. The second kappa shape index (κ2) is 6.44. The van der Waals surface area contributed by atoms with Gasteiger partial charge in [0, 0.05) is 6.54 Å². The average molecular weight is 312 g/mol. The molecule has 0 radical (unpaired) electrons. The molecule has 1 fully saturated rings. The molecular formula is C14H20N2O4S. The first-order valence-corrected chi connectivity index (χ1v) is 8.78. The Morgan fingerprint density at radius 1 is 1.43 bits per heavy atom. The van der Waals surface area contributed by atoms with E-state index < -0.39 is 16.1 Å². The molecule has 1 atom stereocenters. The number of carbonyl (C=O) groups excluding carboxylic acids is 1. The molecule has 7 heteroatoms. The molecule has 1 N–H and O–H groups in total. The van der Waals surface area contributed by atoms with Gasteiger partial charge in [-0.15, -0.1) is 0 Å². The molecule has 0 aromatic heterocycles. The van der Waals surface area contributed by atoms with Crippen molar-refractivity contribution in [3.63, 3.8) is 0 Å². The number of benzene rings is 1. The van der Waals surface area contributed by atoms with E-state index in [2.05, 4.69) is 5.32 Å². The summed E-state index contributed by atoms with van der Waals surface area (Å²) in [6, 6.07) is 6.47. The Balaban J connectivity index is 2.15. The third kappa shape index (κ3) is 3.74. The van der Waals surface area contributed by atoms with Crippen LogP contribution in [0.15, 0.2) is 24.3 Å². The van der Waals surface area contributed by atoms with Crippen molar-refractivity contribution in [2.45, 2.75) is 25.8 Å². The van der Waals surface area contributed by atoms with Crippen molar-refractivity contribution < 1.29 is 17.9 Å². The number of nitrogens with one attached hydrogen (secondary N) is 1. The smallest absolute Gasteiger partial charge is 0.242 e. The fourth-order valence-corrected chi connectivity index (χ4v) is 3.59. The predicted molar refractivity (Wildman–Crippen MR) is 80.8 cm³/mol. The monoisotopic (exact) mass is 312 g/mol. The van der Waals surface area contributed by atoms with E-state index in [1.54, 1.807) is 18.2 Å². The second-order valence-electron chi connectivity index (χ2n) is 4.95. The fraction of sp³-hybridized carbons (Fsp3) is 0.500. The van der Waals surface area contributed by atoms with Gasteiger partial charge in [-0.2, -0.15) is 4.31 Å². The summed E-state index contributed by atoms with van der Waals surface area (Å²) in [4.78, 5) is 12.4. The predicted octanol–water partition coefficient (Wildman–Crippen LogP) is 1.45. The van der Waals surface area contributed by atoms with Gasteiger partial charge in [-0.3, -0.25) is 4.79 Å². The fourth-order valence-electron chi connectivity index (χ4n) is 2.47. The van der Waals surface area contributed by atoms with Crippen molar-refractivity contribution in [3.05, 3.63) is 24.3 Å². The van der Waals surface area contributed by atoms with Gasteiger partial charge in [0.2, 0.25) is 15.9 Å². The number of amides is 1. The highest BCUT2D eigenvalue weighted by Gasteiger charge is 2.36.